The van der Waals surface area contributed by atoms with Crippen LogP contribution in [-0.4, -0.2) is 15.9 Å². The summed E-state index contributed by atoms with van der Waals surface area (Å²) in [6.45, 7) is 3.70. The third-order valence-corrected chi connectivity index (χ3v) is 3.03. The number of anilines is 1. The first kappa shape index (κ1) is 14.0. The number of nitrogens with one attached hydrogen (secondary N) is 1. The van der Waals surface area contributed by atoms with Crippen LogP contribution in [0.4, 0.5) is 11.5 Å². The lowest BCUT2D eigenvalue weighted by Gasteiger charge is -2.14. The maximum absolute atomic E-state index is 10.7. The highest BCUT2D eigenvalue weighted by atomic mass is 16.6. The predicted octanol–water partition coefficient (Wildman–Crippen LogP) is 3.34. The van der Waals surface area contributed by atoms with Gasteiger partial charge in [0, 0.05) is 12.1 Å². The van der Waals surface area contributed by atoms with E-state index in [0.717, 1.165) is 6.42 Å². The van der Waals surface area contributed by atoms with Crippen molar-refractivity contribution in [3.63, 3.8) is 0 Å². The van der Waals surface area contributed by atoms with Crippen LogP contribution in [0, 0.1) is 17.0 Å². The molecular weight excluding hydrogens is 254 g/mol. The van der Waals surface area contributed by atoms with E-state index in [-0.39, 0.29) is 11.7 Å². The van der Waals surface area contributed by atoms with Crippen LogP contribution in [0.5, 0.6) is 0 Å². The average molecular weight is 271 g/mol. The molecule has 0 aliphatic heterocycles. The Morgan fingerprint density at radius 1 is 1.25 bits per heavy atom. The summed E-state index contributed by atoms with van der Waals surface area (Å²) in [4.78, 5) is 14.5. The van der Waals surface area contributed by atoms with Gasteiger partial charge in [-0.3, -0.25) is 10.1 Å². The van der Waals surface area contributed by atoms with Crippen LogP contribution in [0.15, 0.2) is 42.5 Å². The van der Waals surface area contributed by atoms with Crippen LogP contribution in [0.25, 0.3) is 0 Å². The SMILES string of the molecule is Cc1nc(N[C@@H](C)Cc2ccccc2)ccc1[N+](=O)[O-]. The lowest BCUT2D eigenvalue weighted by atomic mass is 10.1. The standard InChI is InChI=1S/C15H17N3O2/c1-11(10-13-6-4-3-5-7-13)16-15-9-8-14(18(19)20)12(2)17-15/h3-9,11H,10H2,1-2H3,(H,16,17)/t11-/m0/s1. The molecule has 1 heterocycles. The summed E-state index contributed by atoms with van der Waals surface area (Å²) in [7, 11) is 0. The molecule has 1 aromatic carbocycles. The van der Waals surface area contributed by atoms with Gasteiger partial charge in [0.05, 0.1) is 4.92 Å². The number of benzene rings is 1. The Kier molecular flexibility index (Phi) is 4.30. The van der Waals surface area contributed by atoms with Crippen LogP contribution in [-0.2, 0) is 6.42 Å². The van der Waals surface area contributed by atoms with Crippen molar-refractivity contribution in [1.82, 2.24) is 4.98 Å². The Balaban J connectivity index is 2.03. The second kappa shape index (κ2) is 6.14. The fourth-order valence-electron chi connectivity index (χ4n) is 2.10. The van der Waals surface area contributed by atoms with Gasteiger partial charge in [-0.2, -0.15) is 0 Å². The minimum absolute atomic E-state index is 0.0475. The molecule has 0 amide bonds. The van der Waals surface area contributed by atoms with Crippen molar-refractivity contribution >= 4 is 11.5 Å². The summed E-state index contributed by atoms with van der Waals surface area (Å²) in [5.41, 5.74) is 1.71. The smallest absolute Gasteiger partial charge is 0.290 e. The molecule has 0 bridgehead atoms. The zero-order valence-electron chi connectivity index (χ0n) is 11.5. The molecule has 1 aromatic heterocycles. The van der Waals surface area contributed by atoms with Gasteiger partial charge in [-0.15, -0.1) is 0 Å². The first-order chi connectivity index (χ1) is 9.56. The number of pyridine rings is 1. The van der Waals surface area contributed by atoms with Gasteiger partial charge in [-0.1, -0.05) is 30.3 Å². The molecule has 1 N–H and O–H groups in total. The van der Waals surface area contributed by atoms with Crippen molar-refractivity contribution in [3.05, 3.63) is 63.8 Å². The van der Waals surface area contributed by atoms with Gasteiger partial charge in [0.2, 0.25) is 0 Å². The van der Waals surface area contributed by atoms with E-state index in [0.29, 0.717) is 11.5 Å². The molecule has 0 unspecified atom stereocenters. The number of nitro groups is 1. The molecular formula is C15H17N3O2. The van der Waals surface area contributed by atoms with Gasteiger partial charge in [0.15, 0.2) is 0 Å². The highest BCUT2D eigenvalue weighted by Gasteiger charge is 2.12. The zero-order chi connectivity index (χ0) is 14.5. The van der Waals surface area contributed by atoms with Crippen molar-refractivity contribution in [2.75, 3.05) is 5.32 Å². The normalized spacial score (nSPS) is 11.9. The second-order valence-electron chi connectivity index (χ2n) is 4.79. The summed E-state index contributed by atoms with van der Waals surface area (Å²) in [6.07, 6.45) is 0.874. The van der Waals surface area contributed by atoms with Gasteiger partial charge in [0.1, 0.15) is 11.5 Å². The summed E-state index contributed by atoms with van der Waals surface area (Å²) < 4.78 is 0. The molecule has 2 rings (SSSR count). The van der Waals surface area contributed by atoms with Crippen molar-refractivity contribution < 1.29 is 4.92 Å². The maximum Gasteiger partial charge on any atom is 0.290 e. The minimum atomic E-state index is -0.417. The zero-order valence-corrected chi connectivity index (χ0v) is 11.5. The second-order valence-corrected chi connectivity index (χ2v) is 4.79. The van der Waals surface area contributed by atoms with E-state index in [1.54, 1.807) is 13.0 Å². The third kappa shape index (κ3) is 3.54. The van der Waals surface area contributed by atoms with E-state index in [1.807, 2.05) is 18.2 Å². The minimum Gasteiger partial charge on any atom is -0.367 e. The number of aromatic nitrogens is 1. The average Bonchev–Trinajstić information content (AvgIpc) is 2.39. The lowest BCUT2D eigenvalue weighted by Crippen LogP contribution is -2.19. The lowest BCUT2D eigenvalue weighted by molar-refractivity contribution is -0.385. The molecule has 0 spiro atoms. The largest absolute Gasteiger partial charge is 0.367 e. The molecule has 5 heteroatoms. The fourth-order valence-corrected chi connectivity index (χ4v) is 2.10. The fraction of sp³-hybridized carbons (Fsp3) is 0.267. The quantitative estimate of drug-likeness (QED) is 0.669. The number of nitrogens with zero attached hydrogens (tertiary/aromatic N) is 2. The van der Waals surface area contributed by atoms with Crippen LogP contribution in [0.1, 0.15) is 18.2 Å². The van der Waals surface area contributed by atoms with E-state index in [2.05, 4.69) is 29.4 Å². The van der Waals surface area contributed by atoms with Gasteiger partial charge in [-0.05, 0) is 31.9 Å². The predicted molar refractivity (Wildman–Crippen MR) is 78.9 cm³/mol. The number of aryl methyl sites for hydroxylation is 1. The molecule has 0 saturated heterocycles. The third-order valence-electron chi connectivity index (χ3n) is 3.03. The Morgan fingerprint density at radius 2 is 1.95 bits per heavy atom. The highest BCUT2D eigenvalue weighted by Crippen LogP contribution is 2.18. The Hall–Kier alpha value is -2.43. The first-order valence-electron chi connectivity index (χ1n) is 6.49. The number of hydrogen-bond acceptors (Lipinski definition) is 4. The molecule has 0 aliphatic carbocycles. The maximum atomic E-state index is 10.7. The molecule has 5 nitrogen and oxygen atoms in total. The summed E-state index contributed by atoms with van der Waals surface area (Å²) in [5, 5.41) is 14.0. The number of hydrogen-bond donors (Lipinski definition) is 1. The topological polar surface area (TPSA) is 68.1 Å². The van der Waals surface area contributed by atoms with Gasteiger partial charge < -0.3 is 5.32 Å². The molecule has 2 aromatic rings. The van der Waals surface area contributed by atoms with E-state index >= 15 is 0 Å². The van der Waals surface area contributed by atoms with Crippen LogP contribution in [0.2, 0.25) is 0 Å². The van der Waals surface area contributed by atoms with Crippen molar-refractivity contribution in [3.8, 4) is 0 Å². The molecule has 0 saturated carbocycles. The monoisotopic (exact) mass is 271 g/mol. The van der Waals surface area contributed by atoms with Crippen molar-refractivity contribution in [1.29, 1.82) is 0 Å². The Morgan fingerprint density at radius 3 is 2.55 bits per heavy atom. The molecule has 0 aliphatic rings. The molecule has 104 valence electrons. The summed E-state index contributed by atoms with van der Waals surface area (Å²) >= 11 is 0. The highest BCUT2D eigenvalue weighted by molar-refractivity contribution is 5.45. The molecule has 1 atom stereocenters. The van der Waals surface area contributed by atoms with Crippen molar-refractivity contribution in [2.45, 2.75) is 26.3 Å². The van der Waals surface area contributed by atoms with Crippen LogP contribution in [0.3, 0.4) is 0 Å². The van der Waals surface area contributed by atoms with Gasteiger partial charge in [-0.25, -0.2) is 4.98 Å². The van der Waals surface area contributed by atoms with E-state index in [1.165, 1.54) is 11.6 Å². The Labute approximate surface area is 117 Å². The van der Waals surface area contributed by atoms with Crippen LogP contribution >= 0.6 is 0 Å². The molecule has 20 heavy (non-hydrogen) atoms. The van der Waals surface area contributed by atoms with Gasteiger partial charge >= 0.3 is 0 Å². The van der Waals surface area contributed by atoms with E-state index in [4.69, 9.17) is 0 Å². The van der Waals surface area contributed by atoms with Crippen molar-refractivity contribution in [2.24, 2.45) is 0 Å². The Bertz CT molecular complexity index is 599. The van der Waals surface area contributed by atoms with E-state index < -0.39 is 4.92 Å². The van der Waals surface area contributed by atoms with Crippen LogP contribution < -0.4 is 5.32 Å². The van der Waals surface area contributed by atoms with Gasteiger partial charge in [0.25, 0.3) is 5.69 Å². The molecule has 0 fully saturated rings. The van der Waals surface area contributed by atoms with E-state index in [9.17, 15) is 10.1 Å². The summed E-state index contributed by atoms with van der Waals surface area (Å²) in [6, 6.07) is 13.5. The number of rotatable bonds is 5. The first-order valence-corrected chi connectivity index (χ1v) is 6.49. The summed E-state index contributed by atoms with van der Waals surface area (Å²) in [5.74, 6) is 0.663. The molecule has 0 radical (unpaired) electrons.